The molecule has 0 aliphatic carbocycles. The Bertz CT molecular complexity index is 665. The van der Waals surface area contributed by atoms with Gasteiger partial charge in [-0.05, 0) is 18.5 Å². The molecule has 0 saturated carbocycles. The highest BCUT2D eigenvalue weighted by molar-refractivity contribution is 5.76. The van der Waals surface area contributed by atoms with Crippen LogP contribution in [-0.2, 0) is 16.6 Å². The molecule has 134 valence electrons. The number of aryl methyl sites for hydroxylation is 1. The Labute approximate surface area is 148 Å². The summed E-state index contributed by atoms with van der Waals surface area (Å²) in [6.45, 7) is 4.45. The van der Waals surface area contributed by atoms with E-state index in [1.807, 2.05) is 48.1 Å². The van der Waals surface area contributed by atoms with Crippen molar-refractivity contribution in [3.8, 4) is 0 Å². The fraction of sp³-hybridized carbons (Fsp3) is 0.474. The van der Waals surface area contributed by atoms with Gasteiger partial charge < -0.3 is 14.6 Å². The largest absolute Gasteiger partial charge is 0.379 e. The van der Waals surface area contributed by atoms with Crippen molar-refractivity contribution >= 4 is 5.91 Å². The van der Waals surface area contributed by atoms with Crippen molar-refractivity contribution in [2.24, 2.45) is 7.05 Å². The quantitative estimate of drug-likeness (QED) is 0.833. The molecular formula is C19H26N4O2. The highest BCUT2D eigenvalue weighted by Crippen LogP contribution is 2.20. The third kappa shape index (κ3) is 4.90. The molecule has 1 fully saturated rings. The molecule has 0 radical (unpaired) electrons. The van der Waals surface area contributed by atoms with E-state index in [4.69, 9.17) is 4.74 Å². The van der Waals surface area contributed by atoms with Gasteiger partial charge >= 0.3 is 0 Å². The van der Waals surface area contributed by atoms with Crippen LogP contribution in [-0.4, -0.2) is 53.2 Å². The average molecular weight is 342 g/mol. The van der Waals surface area contributed by atoms with E-state index in [-0.39, 0.29) is 11.9 Å². The van der Waals surface area contributed by atoms with Crippen LogP contribution in [0.1, 0.15) is 30.3 Å². The first-order chi connectivity index (χ1) is 12.2. The average Bonchev–Trinajstić information content (AvgIpc) is 3.07. The van der Waals surface area contributed by atoms with Gasteiger partial charge in [-0.15, -0.1) is 0 Å². The molecule has 1 amide bonds. The van der Waals surface area contributed by atoms with Crippen LogP contribution in [0.2, 0.25) is 0 Å². The van der Waals surface area contributed by atoms with Gasteiger partial charge in [-0.3, -0.25) is 9.69 Å². The molecule has 2 aromatic rings. The summed E-state index contributed by atoms with van der Waals surface area (Å²) >= 11 is 0. The maximum absolute atomic E-state index is 12.5. The smallest absolute Gasteiger partial charge is 0.220 e. The van der Waals surface area contributed by atoms with Crippen molar-refractivity contribution < 1.29 is 9.53 Å². The molecule has 6 nitrogen and oxygen atoms in total. The van der Waals surface area contributed by atoms with E-state index >= 15 is 0 Å². The van der Waals surface area contributed by atoms with Crippen LogP contribution in [0, 0.1) is 0 Å². The second-order valence-corrected chi connectivity index (χ2v) is 6.37. The van der Waals surface area contributed by atoms with Gasteiger partial charge in [0.25, 0.3) is 0 Å². The van der Waals surface area contributed by atoms with Crippen LogP contribution in [0.3, 0.4) is 0 Å². The van der Waals surface area contributed by atoms with Crippen LogP contribution in [0.4, 0.5) is 0 Å². The lowest BCUT2D eigenvalue weighted by Crippen LogP contribution is -2.37. The van der Waals surface area contributed by atoms with Gasteiger partial charge in [0.1, 0.15) is 11.9 Å². The van der Waals surface area contributed by atoms with Crippen LogP contribution in [0.5, 0.6) is 0 Å². The first-order valence-electron chi connectivity index (χ1n) is 8.85. The summed E-state index contributed by atoms with van der Waals surface area (Å²) in [5.74, 6) is 0.901. The summed E-state index contributed by atoms with van der Waals surface area (Å²) in [6, 6.07) is 9.76. The molecule has 1 aromatic carbocycles. The summed E-state index contributed by atoms with van der Waals surface area (Å²) in [7, 11) is 1.95. The number of hydrogen-bond acceptors (Lipinski definition) is 4. The molecule has 1 N–H and O–H groups in total. The molecule has 0 bridgehead atoms. The van der Waals surface area contributed by atoms with E-state index in [0.29, 0.717) is 6.42 Å². The topological polar surface area (TPSA) is 59.4 Å². The standard InChI is InChI=1S/C19H26N4O2/c1-22-11-9-20-19(22)18(16-6-3-2-4-7-16)21-17(24)8-5-10-23-12-14-25-15-13-23/h2-4,6-7,9,11,18H,5,8,10,12-15H2,1H3,(H,21,24). The van der Waals surface area contributed by atoms with Crippen molar-refractivity contribution in [3.05, 3.63) is 54.1 Å². The maximum atomic E-state index is 12.5. The number of nitrogens with zero attached hydrogens (tertiary/aromatic N) is 3. The highest BCUT2D eigenvalue weighted by Gasteiger charge is 2.20. The van der Waals surface area contributed by atoms with Crippen LogP contribution < -0.4 is 5.32 Å². The third-order valence-electron chi connectivity index (χ3n) is 4.54. The lowest BCUT2D eigenvalue weighted by atomic mass is 10.1. The molecule has 2 heterocycles. The first kappa shape index (κ1) is 17.6. The van der Waals surface area contributed by atoms with Gasteiger partial charge in [0.2, 0.25) is 5.91 Å². The predicted octanol–water partition coefficient (Wildman–Crippen LogP) is 1.74. The number of ether oxygens (including phenoxy) is 1. The number of hydrogen-bond donors (Lipinski definition) is 1. The normalized spacial score (nSPS) is 16.5. The predicted molar refractivity (Wildman–Crippen MR) is 96.1 cm³/mol. The van der Waals surface area contributed by atoms with Gasteiger partial charge in [0.05, 0.1) is 13.2 Å². The Morgan fingerprint density at radius 1 is 1.28 bits per heavy atom. The van der Waals surface area contributed by atoms with Gasteiger partial charge in [-0.25, -0.2) is 4.98 Å². The molecule has 1 unspecified atom stereocenters. The Morgan fingerprint density at radius 3 is 2.72 bits per heavy atom. The number of morpholine rings is 1. The number of carbonyl (C=O) groups is 1. The van der Waals surface area contributed by atoms with Gasteiger partial charge in [-0.2, -0.15) is 0 Å². The second-order valence-electron chi connectivity index (χ2n) is 6.37. The fourth-order valence-corrected chi connectivity index (χ4v) is 3.12. The molecule has 1 aliphatic heterocycles. The molecule has 25 heavy (non-hydrogen) atoms. The number of aromatic nitrogens is 2. The van der Waals surface area contributed by atoms with Crippen molar-refractivity contribution in [2.45, 2.75) is 18.9 Å². The minimum atomic E-state index is -0.225. The molecule has 1 saturated heterocycles. The molecule has 3 rings (SSSR count). The van der Waals surface area contributed by atoms with E-state index in [1.165, 1.54) is 0 Å². The van der Waals surface area contributed by atoms with E-state index in [9.17, 15) is 4.79 Å². The van der Waals surface area contributed by atoms with E-state index in [2.05, 4.69) is 15.2 Å². The number of carbonyl (C=O) groups excluding carboxylic acids is 1. The van der Waals surface area contributed by atoms with Crippen molar-refractivity contribution in [3.63, 3.8) is 0 Å². The number of amides is 1. The number of imidazole rings is 1. The zero-order valence-electron chi connectivity index (χ0n) is 14.7. The molecule has 1 aliphatic rings. The summed E-state index contributed by atoms with van der Waals surface area (Å²) < 4.78 is 7.30. The van der Waals surface area contributed by atoms with Crippen LogP contribution >= 0.6 is 0 Å². The van der Waals surface area contributed by atoms with Crippen LogP contribution in [0.15, 0.2) is 42.7 Å². The second kappa shape index (κ2) is 8.78. The minimum absolute atomic E-state index is 0.0603. The minimum Gasteiger partial charge on any atom is -0.379 e. The maximum Gasteiger partial charge on any atom is 0.220 e. The summed E-state index contributed by atoms with van der Waals surface area (Å²) in [5.41, 5.74) is 1.04. The van der Waals surface area contributed by atoms with E-state index < -0.39 is 0 Å². The Kier molecular flexibility index (Phi) is 6.19. The Balaban J connectivity index is 1.58. The van der Waals surface area contributed by atoms with Crippen molar-refractivity contribution in [1.82, 2.24) is 19.8 Å². The van der Waals surface area contributed by atoms with Crippen molar-refractivity contribution in [1.29, 1.82) is 0 Å². The molecule has 6 heteroatoms. The van der Waals surface area contributed by atoms with Crippen molar-refractivity contribution in [2.75, 3.05) is 32.8 Å². The summed E-state index contributed by atoms with van der Waals surface area (Å²) in [5, 5.41) is 3.15. The monoisotopic (exact) mass is 342 g/mol. The number of benzene rings is 1. The lowest BCUT2D eigenvalue weighted by Gasteiger charge is -2.26. The number of nitrogens with one attached hydrogen (secondary N) is 1. The van der Waals surface area contributed by atoms with Crippen LogP contribution in [0.25, 0.3) is 0 Å². The highest BCUT2D eigenvalue weighted by atomic mass is 16.5. The summed E-state index contributed by atoms with van der Waals surface area (Å²) in [4.78, 5) is 19.3. The molecule has 1 aromatic heterocycles. The molecule has 1 atom stereocenters. The van der Waals surface area contributed by atoms with Gasteiger partial charge in [0, 0.05) is 39.0 Å². The fourth-order valence-electron chi connectivity index (χ4n) is 3.12. The summed E-state index contributed by atoms with van der Waals surface area (Å²) in [6.07, 6.45) is 5.03. The Morgan fingerprint density at radius 2 is 2.04 bits per heavy atom. The zero-order valence-corrected chi connectivity index (χ0v) is 14.7. The zero-order chi connectivity index (χ0) is 17.5. The van der Waals surface area contributed by atoms with Gasteiger partial charge in [-0.1, -0.05) is 30.3 Å². The first-order valence-corrected chi connectivity index (χ1v) is 8.85. The molecular weight excluding hydrogens is 316 g/mol. The SMILES string of the molecule is Cn1ccnc1C(NC(=O)CCCN1CCOCC1)c1ccccc1. The number of rotatable bonds is 7. The molecule has 0 spiro atoms. The van der Waals surface area contributed by atoms with E-state index in [0.717, 1.165) is 50.7 Å². The van der Waals surface area contributed by atoms with Gasteiger partial charge in [0.15, 0.2) is 0 Å². The lowest BCUT2D eigenvalue weighted by molar-refractivity contribution is -0.121. The Hall–Kier alpha value is -2.18. The van der Waals surface area contributed by atoms with E-state index in [1.54, 1.807) is 6.20 Å². The third-order valence-corrected chi connectivity index (χ3v) is 4.54.